The standard InChI is InChI=1S/C17H28N2O2/c1-4-18-17(13-20,16-8-6-5-7-9-16)12-19-10-14(2)21-15(3)11-19/h5-9,14-15,18,20H,4,10-13H2,1-3H3/t14-,15+,17?. The van der Waals surface area contributed by atoms with Crippen LogP contribution in [0.3, 0.4) is 0 Å². The number of hydrogen-bond acceptors (Lipinski definition) is 4. The van der Waals surface area contributed by atoms with Crippen LogP contribution < -0.4 is 5.32 Å². The van der Waals surface area contributed by atoms with E-state index in [1.165, 1.54) is 0 Å². The van der Waals surface area contributed by atoms with Gasteiger partial charge in [-0.25, -0.2) is 0 Å². The van der Waals surface area contributed by atoms with E-state index in [2.05, 4.69) is 43.1 Å². The molecule has 4 nitrogen and oxygen atoms in total. The first-order chi connectivity index (χ1) is 10.1. The molecule has 0 amide bonds. The largest absolute Gasteiger partial charge is 0.394 e. The zero-order chi connectivity index (χ0) is 15.3. The lowest BCUT2D eigenvalue weighted by Gasteiger charge is -2.42. The van der Waals surface area contributed by atoms with Crippen molar-refractivity contribution in [3.63, 3.8) is 0 Å². The van der Waals surface area contributed by atoms with Gasteiger partial charge in [0.2, 0.25) is 0 Å². The Morgan fingerprint density at radius 1 is 1.24 bits per heavy atom. The molecule has 0 aromatic heterocycles. The third-order valence-electron chi connectivity index (χ3n) is 4.10. The van der Waals surface area contributed by atoms with Crippen LogP contribution in [0.25, 0.3) is 0 Å². The highest BCUT2D eigenvalue weighted by Crippen LogP contribution is 2.24. The molecule has 1 aromatic carbocycles. The number of aliphatic hydroxyl groups excluding tert-OH is 1. The highest BCUT2D eigenvalue weighted by atomic mass is 16.5. The maximum Gasteiger partial charge on any atom is 0.0797 e. The highest BCUT2D eigenvalue weighted by molar-refractivity contribution is 5.25. The first-order valence-electron chi connectivity index (χ1n) is 7.89. The predicted molar refractivity (Wildman–Crippen MR) is 85.3 cm³/mol. The Morgan fingerprint density at radius 2 is 1.86 bits per heavy atom. The molecule has 21 heavy (non-hydrogen) atoms. The zero-order valence-electron chi connectivity index (χ0n) is 13.4. The monoisotopic (exact) mass is 292 g/mol. The van der Waals surface area contributed by atoms with E-state index >= 15 is 0 Å². The first kappa shape index (κ1) is 16.4. The number of nitrogens with zero attached hydrogens (tertiary/aromatic N) is 1. The normalized spacial score (nSPS) is 26.5. The average molecular weight is 292 g/mol. The molecule has 2 N–H and O–H groups in total. The van der Waals surface area contributed by atoms with Gasteiger partial charge >= 0.3 is 0 Å². The van der Waals surface area contributed by atoms with Crippen LogP contribution in [-0.2, 0) is 10.3 Å². The second kappa shape index (κ2) is 7.36. The number of rotatable bonds is 6. The van der Waals surface area contributed by atoms with E-state index in [0.29, 0.717) is 0 Å². The summed E-state index contributed by atoms with van der Waals surface area (Å²) in [5, 5.41) is 13.6. The zero-order valence-corrected chi connectivity index (χ0v) is 13.4. The molecular formula is C17H28N2O2. The summed E-state index contributed by atoms with van der Waals surface area (Å²) in [5.74, 6) is 0. The fourth-order valence-electron chi connectivity index (χ4n) is 3.34. The molecule has 0 saturated carbocycles. The van der Waals surface area contributed by atoms with E-state index in [9.17, 15) is 5.11 Å². The maximum absolute atomic E-state index is 10.1. The molecule has 0 aliphatic carbocycles. The van der Waals surface area contributed by atoms with Gasteiger partial charge in [-0.1, -0.05) is 37.3 Å². The smallest absolute Gasteiger partial charge is 0.0797 e. The first-order valence-corrected chi connectivity index (χ1v) is 7.89. The minimum absolute atomic E-state index is 0.0883. The van der Waals surface area contributed by atoms with E-state index in [1.807, 2.05) is 18.2 Å². The molecule has 0 spiro atoms. The topological polar surface area (TPSA) is 44.7 Å². The molecule has 1 unspecified atom stereocenters. The number of hydrogen-bond donors (Lipinski definition) is 2. The number of aliphatic hydroxyl groups is 1. The second-order valence-corrected chi connectivity index (χ2v) is 6.09. The fourth-order valence-corrected chi connectivity index (χ4v) is 3.34. The van der Waals surface area contributed by atoms with Gasteiger partial charge < -0.3 is 15.2 Å². The van der Waals surface area contributed by atoms with Crippen LogP contribution in [0.4, 0.5) is 0 Å². The lowest BCUT2D eigenvalue weighted by atomic mass is 9.89. The fraction of sp³-hybridized carbons (Fsp3) is 0.647. The Labute approximate surface area is 128 Å². The van der Waals surface area contributed by atoms with Gasteiger partial charge in [0.25, 0.3) is 0 Å². The minimum atomic E-state index is -0.410. The Hall–Kier alpha value is -0.940. The SMILES string of the molecule is CCNC(CO)(CN1C[C@@H](C)O[C@@H](C)C1)c1ccccc1. The van der Waals surface area contributed by atoms with Crippen molar-refractivity contribution in [1.82, 2.24) is 10.2 Å². The number of morpholine rings is 1. The van der Waals surface area contributed by atoms with Crippen LogP contribution in [0.1, 0.15) is 26.3 Å². The van der Waals surface area contributed by atoms with E-state index in [4.69, 9.17) is 4.74 Å². The van der Waals surface area contributed by atoms with Crippen molar-refractivity contribution in [1.29, 1.82) is 0 Å². The summed E-state index contributed by atoms with van der Waals surface area (Å²) in [4.78, 5) is 2.39. The van der Waals surface area contributed by atoms with Gasteiger partial charge in [0, 0.05) is 19.6 Å². The summed E-state index contributed by atoms with van der Waals surface area (Å²) in [7, 11) is 0. The maximum atomic E-state index is 10.1. The highest BCUT2D eigenvalue weighted by Gasteiger charge is 2.35. The number of nitrogens with one attached hydrogen (secondary N) is 1. The molecular weight excluding hydrogens is 264 g/mol. The molecule has 1 saturated heterocycles. The van der Waals surface area contributed by atoms with Crippen molar-refractivity contribution >= 4 is 0 Å². The molecule has 2 rings (SSSR count). The van der Waals surface area contributed by atoms with Gasteiger partial charge in [0.05, 0.1) is 24.4 Å². The van der Waals surface area contributed by atoms with Crippen molar-refractivity contribution in [2.75, 3.05) is 32.8 Å². The van der Waals surface area contributed by atoms with Gasteiger partial charge in [-0.2, -0.15) is 0 Å². The molecule has 1 heterocycles. The Bertz CT molecular complexity index is 416. The van der Waals surface area contributed by atoms with Crippen LogP contribution >= 0.6 is 0 Å². The van der Waals surface area contributed by atoms with Gasteiger partial charge in [-0.15, -0.1) is 0 Å². The summed E-state index contributed by atoms with van der Waals surface area (Å²) in [6, 6.07) is 10.2. The summed E-state index contributed by atoms with van der Waals surface area (Å²) in [6.07, 6.45) is 0.477. The predicted octanol–water partition coefficient (Wildman–Crippen LogP) is 1.59. The summed E-state index contributed by atoms with van der Waals surface area (Å²) in [6.45, 7) is 9.82. The van der Waals surface area contributed by atoms with Gasteiger partial charge in [-0.3, -0.25) is 4.90 Å². The Morgan fingerprint density at radius 3 is 2.38 bits per heavy atom. The second-order valence-electron chi connectivity index (χ2n) is 6.09. The van der Waals surface area contributed by atoms with Crippen molar-refractivity contribution in [2.45, 2.75) is 38.5 Å². The third kappa shape index (κ3) is 4.04. The molecule has 4 heteroatoms. The van der Waals surface area contributed by atoms with Crippen molar-refractivity contribution in [3.8, 4) is 0 Å². The van der Waals surface area contributed by atoms with Crippen molar-refractivity contribution < 1.29 is 9.84 Å². The van der Waals surface area contributed by atoms with E-state index < -0.39 is 5.54 Å². The summed E-state index contributed by atoms with van der Waals surface area (Å²) < 4.78 is 5.81. The van der Waals surface area contributed by atoms with Gasteiger partial charge in [0.1, 0.15) is 0 Å². The number of ether oxygens (including phenoxy) is 1. The Balaban J connectivity index is 2.20. The average Bonchev–Trinajstić information content (AvgIpc) is 2.46. The molecule has 1 aliphatic rings. The quantitative estimate of drug-likeness (QED) is 0.836. The molecule has 1 aliphatic heterocycles. The van der Waals surface area contributed by atoms with E-state index in [-0.39, 0.29) is 18.8 Å². The van der Waals surface area contributed by atoms with Crippen molar-refractivity contribution in [3.05, 3.63) is 35.9 Å². The van der Waals surface area contributed by atoms with E-state index in [0.717, 1.165) is 31.7 Å². The van der Waals surface area contributed by atoms with Crippen LogP contribution in [0.15, 0.2) is 30.3 Å². The lowest BCUT2D eigenvalue weighted by molar-refractivity contribution is -0.0772. The Kier molecular flexibility index (Phi) is 5.76. The van der Waals surface area contributed by atoms with Crippen LogP contribution in [0.5, 0.6) is 0 Å². The minimum Gasteiger partial charge on any atom is -0.394 e. The number of likely N-dealkylation sites (N-methyl/N-ethyl adjacent to an activating group) is 1. The van der Waals surface area contributed by atoms with Crippen LogP contribution in [-0.4, -0.2) is 55.0 Å². The molecule has 1 fully saturated rings. The van der Waals surface area contributed by atoms with Crippen LogP contribution in [0.2, 0.25) is 0 Å². The lowest BCUT2D eigenvalue weighted by Crippen LogP contribution is -2.57. The van der Waals surface area contributed by atoms with Gasteiger partial charge in [0.15, 0.2) is 0 Å². The molecule has 0 radical (unpaired) electrons. The summed E-state index contributed by atoms with van der Waals surface area (Å²) in [5.41, 5.74) is 0.730. The summed E-state index contributed by atoms with van der Waals surface area (Å²) >= 11 is 0. The molecule has 3 atom stereocenters. The van der Waals surface area contributed by atoms with Gasteiger partial charge in [-0.05, 0) is 26.0 Å². The number of benzene rings is 1. The van der Waals surface area contributed by atoms with Crippen molar-refractivity contribution in [2.24, 2.45) is 0 Å². The molecule has 0 bridgehead atoms. The van der Waals surface area contributed by atoms with Crippen LogP contribution in [0, 0.1) is 0 Å². The molecule has 1 aromatic rings. The van der Waals surface area contributed by atoms with E-state index in [1.54, 1.807) is 0 Å². The molecule has 118 valence electrons. The third-order valence-corrected chi connectivity index (χ3v) is 4.10.